The Morgan fingerprint density at radius 2 is 1.88 bits per heavy atom. The highest BCUT2D eigenvalue weighted by Gasteiger charge is 2.20. The Balaban J connectivity index is 2.27. The summed E-state index contributed by atoms with van der Waals surface area (Å²) in [5, 5.41) is 12.7. The third-order valence-electron chi connectivity index (χ3n) is 4.02. The first-order chi connectivity index (χ1) is 12.1. The number of halogens is 1. The van der Waals surface area contributed by atoms with Crippen molar-refractivity contribution in [2.24, 2.45) is 0 Å². The number of nitrogens with zero attached hydrogens (tertiary/aromatic N) is 1. The summed E-state index contributed by atoms with van der Waals surface area (Å²) >= 11 is 6.29. The second kappa shape index (κ2) is 9.33. The number of carbonyl (C=O) groups is 1. The van der Waals surface area contributed by atoms with Crippen LogP contribution in [0.4, 0.5) is 0 Å². The molecule has 0 aromatic heterocycles. The van der Waals surface area contributed by atoms with Gasteiger partial charge in [0.05, 0.1) is 18.2 Å². The molecule has 0 unspecified atom stereocenters. The fourth-order valence-electron chi connectivity index (χ4n) is 2.84. The smallest absolute Gasteiger partial charge is 0.262 e. The van der Waals surface area contributed by atoms with Crippen LogP contribution >= 0.6 is 11.6 Å². The molecule has 1 fully saturated rings. The zero-order valence-corrected chi connectivity index (χ0v) is 15.4. The van der Waals surface area contributed by atoms with Gasteiger partial charge in [-0.2, -0.15) is 5.26 Å². The van der Waals surface area contributed by atoms with Gasteiger partial charge >= 0.3 is 0 Å². The minimum atomic E-state index is -0.364. The molecule has 1 saturated carbocycles. The number of ether oxygens (including phenoxy) is 2. The van der Waals surface area contributed by atoms with Gasteiger partial charge in [-0.1, -0.05) is 24.4 Å². The molecule has 25 heavy (non-hydrogen) atoms. The van der Waals surface area contributed by atoms with Crippen molar-refractivity contribution in [3.05, 3.63) is 28.3 Å². The number of nitriles is 1. The van der Waals surface area contributed by atoms with Gasteiger partial charge in [-0.25, -0.2) is 0 Å². The second-order valence-electron chi connectivity index (χ2n) is 5.81. The molecule has 1 aromatic rings. The van der Waals surface area contributed by atoms with E-state index in [1.54, 1.807) is 12.1 Å². The van der Waals surface area contributed by atoms with Crippen LogP contribution in [-0.2, 0) is 4.79 Å². The molecule has 1 amide bonds. The molecule has 1 aliphatic carbocycles. The number of carbonyl (C=O) groups excluding carboxylic acids is 1. The van der Waals surface area contributed by atoms with E-state index in [1.165, 1.54) is 6.08 Å². The largest absolute Gasteiger partial charge is 0.490 e. The Morgan fingerprint density at radius 1 is 1.28 bits per heavy atom. The fourth-order valence-corrected chi connectivity index (χ4v) is 3.04. The molecule has 6 heteroatoms. The number of amides is 1. The molecule has 0 spiro atoms. The van der Waals surface area contributed by atoms with E-state index in [0.29, 0.717) is 35.3 Å². The van der Waals surface area contributed by atoms with Gasteiger partial charge in [0, 0.05) is 12.1 Å². The fraction of sp³-hybridized carbons (Fsp3) is 0.474. The topological polar surface area (TPSA) is 71.3 Å². The molecular formula is C19H23ClN2O3. The zero-order chi connectivity index (χ0) is 18.2. The standard InChI is InChI=1S/C19H23ClN2O3/c1-3-24-17-10-13(16(20)11-18(17)25-4-2)9-14(12-21)19(23)22-15-7-5-6-8-15/h9-11,15H,3-8H2,1-2H3,(H,22,23)/b14-9-. The number of hydrogen-bond acceptors (Lipinski definition) is 4. The average molecular weight is 363 g/mol. The van der Waals surface area contributed by atoms with Gasteiger partial charge in [-0.3, -0.25) is 4.79 Å². The van der Waals surface area contributed by atoms with Crippen LogP contribution in [0.25, 0.3) is 6.08 Å². The Bertz CT molecular complexity index is 689. The Morgan fingerprint density at radius 3 is 2.44 bits per heavy atom. The van der Waals surface area contributed by atoms with Crippen molar-refractivity contribution < 1.29 is 14.3 Å². The molecular weight excluding hydrogens is 340 g/mol. The zero-order valence-electron chi connectivity index (χ0n) is 14.6. The lowest BCUT2D eigenvalue weighted by Crippen LogP contribution is -2.33. The van der Waals surface area contributed by atoms with Crippen molar-refractivity contribution >= 4 is 23.6 Å². The first kappa shape index (κ1) is 19.1. The highest BCUT2D eigenvalue weighted by Crippen LogP contribution is 2.34. The van der Waals surface area contributed by atoms with Crippen molar-refractivity contribution in [3.8, 4) is 17.6 Å². The third kappa shape index (κ3) is 5.14. The number of nitrogens with one attached hydrogen (secondary N) is 1. The van der Waals surface area contributed by atoms with E-state index in [1.807, 2.05) is 19.9 Å². The summed E-state index contributed by atoms with van der Waals surface area (Å²) in [5.74, 6) is 0.714. The Hall–Kier alpha value is -2.19. The van der Waals surface area contributed by atoms with E-state index in [4.69, 9.17) is 21.1 Å². The maximum absolute atomic E-state index is 12.3. The predicted octanol–water partition coefficient (Wildman–Crippen LogP) is 4.10. The van der Waals surface area contributed by atoms with Gasteiger partial charge in [0.2, 0.25) is 0 Å². The molecule has 0 bridgehead atoms. The van der Waals surface area contributed by atoms with E-state index >= 15 is 0 Å². The maximum atomic E-state index is 12.3. The van der Waals surface area contributed by atoms with Crippen LogP contribution in [0.1, 0.15) is 45.1 Å². The summed E-state index contributed by atoms with van der Waals surface area (Å²) in [4.78, 5) is 12.3. The van der Waals surface area contributed by atoms with Crippen LogP contribution < -0.4 is 14.8 Å². The van der Waals surface area contributed by atoms with Crippen molar-refractivity contribution in [3.63, 3.8) is 0 Å². The molecule has 0 saturated heterocycles. The summed E-state index contributed by atoms with van der Waals surface area (Å²) in [6.45, 7) is 4.70. The lowest BCUT2D eigenvalue weighted by molar-refractivity contribution is -0.117. The summed E-state index contributed by atoms with van der Waals surface area (Å²) in [6, 6.07) is 5.45. The molecule has 1 aromatic carbocycles. The first-order valence-electron chi connectivity index (χ1n) is 8.60. The van der Waals surface area contributed by atoms with E-state index < -0.39 is 0 Å². The quantitative estimate of drug-likeness (QED) is 0.585. The molecule has 134 valence electrons. The van der Waals surface area contributed by atoms with Crippen LogP contribution in [0.15, 0.2) is 17.7 Å². The highest BCUT2D eigenvalue weighted by atomic mass is 35.5. The van der Waals surface area contributed by atoms with Gasteiger partial charge < -0.3 is 14.8 Å². The molecule has 0 radical (unpaired) electrons. The van der Waals surface area contributed by atoms with Crippen LogP contribution in [-0.4, -0.2) is 25.2 Å². The molecule has 1 aliphatic rings. The predicted molar refractivity (Wildman–Crippen MR) is 97.8 cm³/mol. The van der Waals surface area contributed by atoms with E-state index in [9.17, 15) is 10.1 Å². The van der Waals surface area contributed by atoms with E-state index in [-0.39, 0.29) is 17.5 Å². The van der Waals surface area contributed by atoms with E-state index in [0.717, 1.165) is 25.7 Å². The van der Waals surface area contributed by atoms with Gasteiger partial charge in [0.1, 0.15) is 11.6 Å². The lowest BCUT2D eigenvalue weighted by atomic mass is 10.1. The normalized spacial score (nSPS) is 14.9. The summed E-state index contributed by atoms with van der Waals surface area (Å²) < 4.78 is 11.1. The monoisotopic (exact) mass is 362 g/mol. The van der Waals surface area contributed by atoms with Crippen molar-refractivity contribution in [1.29, 1.82) is 5.26 Å². The average Bonchev–Trinajstić information content (AvgIpc) is 3.09. The summed E-state index contributed by atoms with van der Waals surface area (Å²) in [7, 11) is 0. The maximum Gasteiger partial charge on any atom is 0.262 e. The molecule has 2 rings (SSSR count). The minimum Gasteiger partial charge on any atom is -0.490 e. The number of benzene rings is 1. The number of rotatable bonds is 7. The second-order valence-corrected chi connectivity index (χ2v) is 6.22. The van der Waals surface area contributed by atoms with Crippen LogP contribution in [0.5, 0.6) is 11.5 Å². The van der Waals surface area contributed by atoms with Crippen LogP contribution in [0.2, 0.25) is 5.02 Å². The first-order valence-corrected chi connectivity index (χ1v) is 8.98. The van der Waals surface area contributed by atoms with Gasteiger partial charge in [-0.15, -0.1) is 0 Å². The highest BCUT2D eigenvalue weighted by molar-refractivity contribution is 6.32. The van der Waals surface area contributed by atoms with Crippen LogP contribution in [0, 0.1) is 11.3 Å². The SMILES string of the molecule is CCOc1cc(Cl)c(/C=C(/C#N)C(=O)NC2CCCC2)cc1OCC. The van der Waals surface area contributed by atoms with Crippen molar-refractivity contribution in [1.82, 2.24) is 5.32 Å². The van der Waals surface area contributed by atoms with Crippen LogP contribution in [0.3, 0.4) is 0 Å². The van der Waals surface area contributed by atoms with Gasteiger partial charge in [0.25, 0.3) is 5.91 Å². The lowest BCUT2D eigenvalue weighted by Gasteiger charge is -2.13. The molecule has 1 N–H and O–H groups in total. The molecule has 0 heterocycles. The summed E-state index contributed by atoms with van der Waals surface area (Å²) in [5.41, 5.74) is 0.576. The minimum absolute atomic E-state index is 0.0282. The van der Waals surface area contributed by atoms with E-state index in [2.05, 4.69) is 5.32 Å². The molecule has 5 nitrogen and oxygen atoms in total. The van der Waals surface area contributed by atoms with Gasteiger partial charge in [0.15, 0.2) is 11.5 Å². The third-order valence-corrected chi connectivity index (χ3v) is 4.35. The summed E-state index contributed by atoms with van der Waals surface area (Å²) in [6.07, 6.45) is 5.63. The molecule has 0 aliphatic heterocycles. The van der Waals surface area contributed by atoms with Crippen molar-refractivity contribution in [2.45, 2.75) is 45.6 Å². The number of hydrogen-bond donors (Lipinski definition) is 1. The molecule has 0 atom stereocenters. The van der Waals surface area contributed by atoms with Crippen molar-refractivity contribution in [2.75, 3.05) is 13.2 Å². The Kier molecular flexibility index (Phi) is 7.15. The Labute approximate surface area is 153 Å². The van der Waals surface area contributed by atoms with Gasteiger partial charge in [-0.05, 0) is 44.4 Å².